The Morgan fingerprint density at radius 3 is 2.42 bits per heavy atom. The summed E-state index contributed by atoms with van der Waals surface area (Å²) < 4.78 is 31.6. The monoisotopic (exact) mass is 356 g/mol. The number of benzene rings is 2. The van der Waals surface area contributed by atoms with Gasteiger partial charge in [-0.25, -0.2) is 18.7 Å². The molecule has 0 saturated heterocycles. The topological polar surface area (TPSA) is 76.1 Å². The Morgan fingerprint density at radius 2 is 1.81 bits per heavy atom. The van der Waals surface area contributed by atoms with Crippen LogP contribution >= 0.6 is 0 Å². The maximum Gasteiger partial charge on any atom is 0.275 e. The molecule has 0 atom stereocenters. The molecular weight excluding hydrogens is 342 g/mol. The highest BCUT2D eigenvalue weighted by molar-refractivity contribution is 6.02. The van der Waals surface area contributed by atoms with Crippen molar-refractivity contribution in [3.05, 3.63) is 72.2 Å². The molecule has 0 aliphatic carbocycles. The van der Waals surface area contributed by atoms with E-state index in [1.165, 1.54) is 18.5 Å². The van der Waals surface area contributed by atoms with Gasteiger partial charge in [0, 0.05) is 11.8 Å². The van der Waals surface area contributed by atoms with E-state index in [9.17, 15) is 13.6 Å². The van der Waals surface area contributed by atoms with E-state index >= 15 is 0 Å². The van der Waals surface area contributed by atoms with Gasteiger partial charge < -0.3 is 15.4 Å². The fourth-order valence-electron chi connectivity index (χ4n) is 2.11. The molecule has 0 bridgehead atoms. The van der Waals surface area contributed by atoms with Crippen LogP contribution in [0.15, 0.2) is 54.9 Å². The number of hydrogen-bond donors (Lipinski definition) is 2. The van der Waals surface area contributed by atoms with Crippen LogP contribution in [0.25, 0.3) is 0 Å². The first-order valence-corrected chi connectivity index (χ1v) is 7.54. The number of nitrogens with one attached hydrogen (secondary N) is 2. The second-order valence-electron chi connectivity index (χ2n) is 5.22. The van der Waals surface area contributed by atoms with Gasteiger partial charge in [-0.15, -0.1) is 0 Å². The Morgan fingerprint density at radius 1 is 1.04 bits per heavy atom. The Balaban J connectivity index is 1.67. The summed E-state index contributed by atoms with van der Waals surface area (Å²) in [6.07, 6.45) is 2.54. The van der Waals surface area contributed by atoms with E-state index in [1.807, 2.05) is 0 Å². The average molecular weight is 356 g/mol. The largest absolute Gasteiger partial charge is 0.497 e. The molecule has 8 heteroatoms. The lowest BCUT2D eigenvalue weighted by atomic mass is 10.3. The third kappa shape index (κ3) is 4.10. The molecular formula is C18H14F2N4O2. The first-order chi connectivity index (χ1) is 12.5. The first kappa shape index (κ1) is 17.3. The van der Waals surface area contributed by atoms with Crippen LogP contribution in [0.2, 0.25) is 0 Å². The van der Waals surface area contributed by atoms with Gasteiger partial charge in [0.15, 0.2) is 0 Å². The zero-order valence-corrected chi connectivity index (χ0v) is 13.7. The standard InChI is InChI=1S/C18H14F2N4O2/c1-26-13-5-3-12(4-6-13)23-18(25)16-9-22-17(10-21-16)24-15-7-2-11(19)8-14(15)20/h2-10H,1H3,(H,22,24)(H,23,25). The van der Waals surface area contributed by atoms with E-state index in [0.29, 0.717) is 11.4 Å². The van der Waals surface area contributed by atoms with E-state index in [4.69, 9.17) is 4.74 Å². The zero-order valence-electron chi connectivity index (χ0n) is 13.7. The lowest BCUT2D eigenvalue weighted by molar-refractivity contribution is 0.102. The summed E-state index contributed by atoms with van der Waals surface area (Å²) in [5.41, 5.74) is 0.718. The molecule has 26 heavy (non-hydrogen) atoms. The number of carbonyl (C=O) groups is 1. The van der Waals surface area contributed by atoms with E-state index in [-0.39, 0.29) is 17.2 Å². The van der Waals surface area contributed by atoms with Crippen LogP contribution in [0.1, 0.15) is 10.5 Å². The third-order valence-corrected chi connectivity index (χ3v) is 3.43. The van der Waals surface area contributed by atoms with Gasteiger partial charge in [0.25, 0.3) is 5.91 Å². The fourth-order valence-corrected chi connectivity index (χ4v) is 2.11. The van der Waals surface area contributed by atoms with Crippen LogP contribution < -0.4 is 15.4 Å². The second-order valence-corrected chi connectivity index (χ2v) is 5.22. The molecule has 6 nitrogen and oxygen atoms in total. The highest BCUT2D eigenvalue weighted by Gasteiger charge is 2.10. The van der Waals surface area contributed by atoms with Gasteiger partial charge in [0.05, 0.1) is 25.2 Å². The third-order valence-electron chi connectivity index (χ3n) is 3.43. The van der Waals surface area contributed by atoms with Crippen molar-refractivity contribution in [3.8, 4) is 5.75 Å². The molecule has 0 aliphatic heterocycles. The molecule has 132 valence electrons. The molecule has 0 aliphatic rings. The number of nitrogens with zero attached hydrogens (tertiary/aromatic N) is 2. The number of hydrogen-bond acceptors (Lipinski definition) is 5. The number of rotatable bonds is 5. The van der Waals surface area contributed by atoms with Crippen molar-refractivity contribution < 1.29 is 18.3 Å². The summed E-state index contributed by atoms with van der Waals surface area (Å²) >= 11 is 0. The number of amides is 1. The van der Waals surface area contributed by atoms with Crippen LogP contribution in [0.5, 0.6) is 5.75 Å². The highest BCUT2D eigenvalue weighted by Crippen LogP contribution is 2.19. The quantitative estimate of drug-likeness (QED) is 0.728. The maximum atomic E-state index is 13.6. The van der Waals surface area contributed by atoms with E-state index in [0.717, 1.165) is 12.1 Å². The molecule has 0 fully saturated rings. The predicted octanol–water partition coefficient (Wildman–Crippen LogP) is 3.76. The summed E-state index contributed by atoms with van der Waals surface area (Å²) in [5.74, 6) is -0.984. The van der Waals surface area contributed by atoms with Crippen LogP contribution in [-0.2, 0) is 0 Å². The Hall–Kier alpha value is -3.55. The van der Waals surface area contributed by atoms with E-state index < -0.39 is 17.5 Å². The van der Waals surface area contributed by atoms with E-state index in [1.54, 1.807) is 31.4 Å². The molecule has 0 unspecified atom stereocenters. The van der Waals surface area contributed by atoms with Crippen molar-refractivity contribution >= 4 is 23.1 Å². The summed E-state index contributed by atoms with van der Waals surface area (Å²) in [5, 5.41) is 5.34. The molecule has 0 saturated carbocycles. The van der Waals surface area contributed by atoms with E-state index in [2.05, 4.69) is 20.6 Å². The first-order valence-electron chi connectivity index (χ1n) is 7.54. The highest BCUT2D eigenvalue weighted by atomic mass is 19.1. The number of halogens is 2. The van der Waals surface area contributed by atoms with Gasteiger partial charge in [0.2, 0.25) is 0 Å². The Labute approximate surface area is 147 Å². The van der Waals surface area contributed by atoms with Crippen molar-refractivity contribution in [2.75, 3.05) is 17.7 Å². The van der Waals surface area contributed by atoms with Crippen LogP contribution in [0.4, 0.5) is 26.0 Å². The summed E-state index contributed by atoms with van der Waals surface area (Å²) in [6.45, 7) is 0. The van der Waals surface area contributed by atoms with Gasteiger partial charge >= 0.3 is 0 Å². The van der Waals surface area contributed by atoms with Crippen molar-refractivity contribution in [1.82, 2.24) is 9.97 Å². The summed E-state index contributed by atoms with van der Waals surface area (Å²) in [6, 6.07) is 9.94. The van der Waals surface area contributed by atoms with Crippen molar-refractivity contribution in [2.24, 2.45) is 0 Å². The minimum Gasteiger partial charge on any atom is -0.497 e. The molecule has 2 aromatic carbocycles. The summed E-state index contributed by atoms with van der Waals surface area (Å²) in [4.78, 5) is 20.2. The molecule has 1 heterocycles. The number of methoxy groups -OCH3 is 1. The lowest BCUT2D eigenvalue weighted by Crippen LogP contribution is -2.14. The SMILES string of the molecule is COc1ccc(NC(=O)c2cnc(Nc3ccc(F)cc3F)cn2)cc1. The fraction of sp³-hybridized carbons (Fsp3) is 0.0556. The molecule has 3 rings (SSSR count). The maximum absolute atomic E-state index is 13.6. The van der Waals surface area contributed by atoms with Gasteiger partial charge in [-0.05, 0) is 36.4 Å². The average Bonchev–Trinajstić information content (AvgIpc) is 2.65. The molecule has 0 radical (unpaired) electrons. The van der Waals surface area contributed by atoms with Crippen LogP contribution in [0, 0.1) is 11.6 Å². The Bertz CT molecular complexity index is 915. The number of ether oxygens (including phenoxy) is 1. The smallest absolute Gasteiger partial charge is 0.275 e. The molecule has 0 spiro atoms. The van der Waals surface area contributed by atoms with Crippen molar-refractivity contribution in [2.45, 2.75) is 0 Å². The minimum atomic E-state index is -0.756. The molecule has 1 aromatic heterocycles. The number of aromatic nitrogens is 2. The van der Waals surface area contributed by atoms with Gasteiger partial charge in [-0.1, -0.05) is 0 Å². The van der Waals surface area contributed by atoms with Crippen molar-refractivity contribution in [1.29, 1.82) is 0 Å². The molecule has 2 N–H and O–H groups in total. The van der Waals surface area contributed by atoms with Gasteiger partial charge in [-0.3, -0.25) is 4.79 Å². The minimum absolute atomic E-state index is 0.0520. The van der Waals surface area contributed by atoms with Crippen LogP contribution in [-0.4, -0.2) is 23.0 Å². The number of anilines is 3. The van der Waals surface area contributed by atoms with Crippen LogP contribution in [0.3, 0.4) is 0 Å². The summed E-state index contributed by atoms with van der Waals surface area (Å²) in [7, 11) is 1.55. The predicted molar refractivity (Wildman–Crippen MR) is 92.6 cm³/mol. The Kier molecular flexibility index (Phi) is 5.02. The van der Waals surface area contributed by atoms with Gasteiger partial charge in [-0.2, -0.15) is 0 Å². The second kappa shape index (κ2) is 7.56. The lowest BCUT2D eigenvalue weighted by Gasteiger charge is -2.08. The molecule has 3 aromatic rings. The van der Waals surface area contributed by atoms with Crippen molar-refractivity contribution in [3.63, 3.8) is 0 Å². The zero-order chi connectivity index (χ0) is 18.5. The number of carbonyl (C=O) groups excluding carboxylic acids is 1. The normalized spacial score (nSPS) is 10.3. The molecule has 1 amide bonds. The van der Waals surface area contributed by atoms with Gasteiger partial charge in [0.1, 0.15) is 28.9 Å².